The van der Waals surface area contributed by atoms with E-state index in [0.717, 1.165) is 28.0 Å². The Labute approximate surface area is 173 Å². The summed E-state index contributed by atoms with van der Waals surface area (Å²) in [6.07, 6.45) is 2.36. The molecule has 8 heteroatoms. The normalized spacial score (nSPS) is 26.1. The average molecular weight is 417 g/mol. The molecule has 2 N–H and O–H groups in total. The number of fused-ring (bicyclic) bond motifs is 3. The first-order valence-corrected chi connectivity index (χ1v) is 11.2. The van der Waals surface area contributed by atoms with Crippen LogP contribution < -0.4 is 10.6 Å². The molecule has 5 rings (SSSR count). The van der Waals surface area contributed by atoms with Crippen molar-refractivity contribution >= 4 is 40.1 Å². The lowest BCUT2D eigenvalue weighted by Crippen LogP contribution is -2.62. The fourth-order valence-corrected chi connectivity index (χ4v) is 5.74. The summed E-state index contributed by atoms with van der Waals surface area (Å²) in [6, 6.07) is 10.1. The van der Waals surface area contributed by atoms with Crippen molar-refractivity contribution in [3.05, 3.63) is 35.9 Å². The largest absolute Gasteiger partial charge is 0.347 e. The van der Waals surface area contributed by atoms with Crippen LogP contribution in [0.2, 0.25) is 0 Å². The Morgan fingerprint density at radius 1 is 1.21 bits per heavy atom. The molecule has 0 saturated carbocycles. The minimum Gasteiger partial charge on any atom is -0.347 e. The van der Waals surface area contributed by atoms with Crippen molar-refractivity contribution in [3.8, 4) is 0 Å². The lowest BCUT2D eigenvalue weighted by atomic mass is 9.79. The highest BCUT2D eigenvalue weighted by Gasteiger charge is 2.40. The SMILES string of the molecule is CC(=O)Nc1cc(Sc2ccc(C(=O)N[C@@H]3C4CCN(CC4)[C@@H]3C)cc2)ns1. The van der Waals surface area contributed by atoms with Crippen LogP contribution in [0.3, 0.4) is 0 Å². The summed E-state index contributed by atoms with van der Waals surface area (Å²) >= 11 is 2.77. The maximum Gasteiger partial charge on any atom is 0.251 e. The van der Waals surface area contributed by atoms with Crippen molar-refractivity contribution in [1.82, 2.24) is 14.6 Å². The number of aromatic nitrogens is 1. The van der Waals surface area contributed by atoms with Crippen LogP contribution in [0.1, 0.15) is 37.0 Å². The second kappa shape index (κ2) is 8.23. The summed E-state index contributed by atoms with van der Waals surface area (Å²) in [5.41, 5.74) is 0.685. The van der Waals surface area contributed by atoms with Gasteiger partial charge in [0, 0.05) is 35.5 Å². The number of piperidine rings is 3. The second-order valence-corrected chi connectivity index (χ2v) is 9.35. The Bertz CT molecular complexity index is 857. The van der Waals surface area contributed by atoms with Crippen LogP contribution in [0.25, 0.3) is 0 Å². The van der Waals surface area contributed by atoms with E-state index in [1.807, 2.05) is 30.3 Å². The van der Waals surface area contributed by atoms with E-state index in [1.165, 1.54) is 43.1 Å². The van der Waals surface area contributed by atoms with E-state index in [0.29, 0.717) is 17.5 Å². The number of nitrogens with zero attached hydrogens (tertiary/aromatic N) is 2. The lowest BCUT2D eigenvalue weighted by Gasteiger charge is -2.49. The molecule has 0 spiro atoms. The summed E-state index contributed by atoms with van der Waals surface area (Å²) in [5.74, 6) is 0.498. The zero-order chi connectivity index (χ0) is 19.7. The van der Waals surface area contributed by atoms with Crippen LogP contribution in [-0.2, 0) is 4.79 Å². The molecule has 3 fully saturated rings. The smallest absolute Gasteiger partial charge is 0.251 e. The molecule has 3 aliphatic heterocycles. The molecule has 1 aromatic carbocycles. The van der Waals surface area contributed by atoms with Gasteiger partial charge in [-0.05, 0) is 74.6 Å². The third kappa shape index (κ3) is 4.24. The summed E-state index contributed by atoms with van der Waals surface area (Å²) in [5, 5.41) is 7.56. The van der Waals surface area contributed by atoms with E-state index in [-0.39, 0.29) is 17.9 Å². The molecular formula is C20H24N4O2S2. The maximum atomic E-state index is 12.7. The number of hydrogen-bond donors (Lipinski definition) is 2. The first-order valence-electron chi connectivity index (χ1n) is 9.57. The topological polar surface area (TPSA) is 74.3 Å². The lowest BCUT2D eigenvalue weighted by molar-refractivity contribution is -0.114. The number of hydrogen-bond acceptors (Lipinski definition) is 6. The fourth-order valence-electron chi connectivity index (χ4n) is 4.11. The van der Waals surface area contributed by atoms with E-state index in [1.54, 1.807) is 0 Å². The highest BCUT2D eigenvalue weighted by molar-refractivity contribution is 7.99. The van der Waals surface area contributed by atoms with E-state index >= 15 is 0 Å². The molecule has 0 aliphatic carbocycles. The number of carbonyl (C=O) groups excluding carboxylic acids is 2. The molecular weight excluding hydrogens is 392 g/mol. The number of carbonyl (C=O) groups is 2. The standard InChI is InChI=1S/C20H24N4O2S2/c1-12-19(14-7-9-24(12)10-8-14)22-20(26)15-3-5-16(6-4-15)27-18-11-17(28-23-18)21-13(2)25/h3-6,11-12,14,19H,7-10H2,1-2H3,(H,21,25)(H,22,26)/t12-,19+/m1/s1. The van der Waals surface area contributed by atoms with Gasteiger partial charge in [-0.1, -0.05) is 11.8 Å². The van der Waals surface area contributed by atoms with Gasteiger partial charge in [-0.3, -0.25) is 14.5 Å². The van der Waals surface area contributed by atoms with Crippen molar-refractivity contribution in [1.29, 1.82) is 0 Å². The summed E-state index contributed by atoms with van der Waals surface area (Å²) < 4.78 is 4.34. The van der Waals surface area contributed by atoms with E-state index in [4.69, 9.17) is 0 Å². The molecule has 4 heterocycles. The van der Waals surface area contributed by atoms with Gasteiger partial charge in [-0.15, -0.1) is 0 Å². The number of amides is 2. The highest BCUT2D eigenvalue weighted by Crippen LogP contribution is 2.33. The maximum absolute atomic E-state index is 12.7. The van der Waals surface area contributed by atoms with Gasteiger partial charge in [0.2, 0.25) is 5.91 Å². The monoisotopic (exact) mass is 416 g/mol. The Morgan fingerprint density at radius 3 is 2.57 bits per heavy atom. The Kier molecular flexibility index (Phi) is 5.70. The Morgan fingerprint density at radius 2 is 1.93 bits per heavy atom. The van der Waals surface area contributed by atoms with Gasteiger partial charge in [0.25, 0.3) is 5.91 Å². The predicted molar refractivity (Wildman–Crippen MR) is 112 cm³/mol. The molecule has 1 aromatic heterocycles. The van der Waals surface area contributed by atoms with Crippen LogP contribution in [0.5, 0.6) is 0 Å². The molecule has 148 valence electrons. The van der Waals surface area contributed by atoms with E-state index < -0.39 is 0 Å². The number of benzene rings is 1. The van der Waals surface area contributed by atoms with Crippen molar-refractivity contribution in [2.75, 3.05) is 18.4 Å². The highest BCUT2D eigenvalue weighted by atomic mass is 32.2. The third-order valence-corrected chi connectivity index (χ3v) is 7.35. The minimum atomic E-state index is -0.104. The van der Waals surface area contributed by atoms with Crippen LogP contribution in [0.4, 0.5) is 5.00 Å². The molecule has 3 saturated heterocycles. The number of anilines is 1. The van der Waals surface area contributed by atoms with Gasteiger partial charge in [0.1, 0.15) is 10.0 Å². The first-order chi connectivity index (χ1) is 13.5. The molecule has 0 unspecified atom stereocenters. The van der Waals surface area contributed by atoms with Crippen molar-refractivity contribution in [3.63, 3.8) is 0 Å². The zero-order valence-electron chi connectivity index (χ0n) is 16.0. The number of nitrogens with one attached hydrogen (secondary N) is 2. The van der Waals surface area contributed by atoms with Gasteiger partial charge in [-0.25, -0.2) is 0 Å². The minimum absolute atomic E-state index is 0.00347. The summed E-state index contributed by atoms with van der Waals surface area (Å²) in [7, 11) is 0. The molecule has 28 heavy (non-hydrogen) atoms. The van der Waals surface area contributed by atoms with Gasteiger partial charge in [0.05, 0.1) is 0 Å². The van der Waals surface area contributed by atoms with Gasteiger partial charge >= 0.3 is 0 Å². The summed E-state index contributed by atoms with van der Waals surface area (Å²) in [6.45, 7) is 6.01. The third-order valence-electron chi connectivity index (χ3n) is 5.60. The molecule has 6 nitrogen and oxygen atoms in total. The predicted octanol–water partition coefficient (Wildman–Crippen LogP) is 3.47. The van der Waals surface area contributed by atoms with Crippen molar-refractivity contribution in [2.45, 2.75) is 48.7 Å². The number of rotatable bonds is 5. The van der Waals surface area contributed by atoms with Crippen LogP contribution in [0.15, 0.2) is 40.3 Å². The molecule has 2 aromatic rings. The molecule has 2 bridgehead atoms. The van der Waals surface area contributed by atoms with Crippen LogP contribution in [0, 0.1) is 5.92 Å². The summed E-state index contributed by atoms with van der Waals surface area (Å²) in [4.78, 5) is 27.3. The van der Waals surface area contributed by atoms with Gasteiger partial charge < -0.3 is 10.6 Å². The average Bonchev–Trinajstić information content (AvgIpc) is 3.11. The van der Waals surface area contributed by atoms with Gasteiger partial charge in [-0.2, -0.15) is 4.37 Å². The van der Waals surface area contributed by atoms with Gasteiger partial charge in [0.15, 0.2) is 0 Å². The molecule has 0 radical (unpaired) electrons. The molecule has 3 aliphatic rings. The zero-order valence-corrected chi connectivity index (χ0v) is 17.6. The van der Waals surface area contributed by atoms with E-state index in [2.05, 4.69) is 26.8 Å². The Hall–Kier alpha value is -1.90. The van der Waals surface area contributed by atoms with Crippen LogP contribution in [-0.4, -0.2) is 46.3 Å². The molecule has 2 atom stereocenters. The fraction of sp³-hybridized carbons (Fsp3) is 0.450. The second-order valence-electron chi connectivity index (χ2n) is 7.45. The van der Waals surface area contributed by atoms with Crippen molar-refractivity contribution < 1.29 is 9.59 Å². The quantitative estimate of drug-likeness (QED) is 0.781. The van der Waals surface area contributed by atoms with Crippen LogP contribution >= 0.6 is 23.3 Å². The first kappa shape index (κ1) is 19.4. The Balaban J connectivity index is 1.37. The molecule has 2 amide bonds. The van der Waals surface area contributed by atoms with Crippen molar-refractivity contribution in [2.24, 2.45) is 5.92 Å². The van der Waals surface area contributed by atoms with E-state index in [9.17, 15) is 9.59 Å².